The van der Waals surface area contributed by atoms with Crippen molar-refractivity contribution in [1.82, 2.24) is 29.2 Å². The number of aromatic nitrogens is 5. The molecule has 36 heavy (non-hydrogen) atoms. The average Bonchev–Trinajstić information content (AvgIpc) is 3.44. The van der Waals surface area contributed by atoms with Crippen LogP contribution in [0.25, 0.3) is 22.5 Å². The Hall–Kier alpha value is -3.51. The van der Waals surface area contributed by atoms with Gasteiger partial charge in [-0.25, -0.2) is 9.18 Å². The Morgan fingerprint density at radius 1 is 1.06 bits per heavy atom. The van der Waals surface area contributed by atoms with Crippen molar-refractivity contribution in [3.63, 3.8) is 0 Å². The molecule has 0 saturated carbocycles. The maximum atomic E-state index is 15.0. The van der Waals surface area contributed by atoms with E-state index in [1.165, 1.54) is 16.8 Å². The summed E-state index contributed by atoms with van der Waals surface area (Å²) in [5.41, 5.74) is 1.37. The van der Waals surface area contributed by atoms with Gasteiger partial charge >= 0.3 is 12.1 Å². The molecule has 0 bridgehead atoms. The highest BCUT2D eigenvalue weighted by Crippen LogP contribution is 2.29. The number of ether oxygens (including phenoxy) is 1. The van der Waals surface area contributed by atoms with Crippen molar-refractivity contribution < 1.29 is 22.3 Å². The molecule has 0 amide bonds. The Bertz CT molecular complexity index is 1440. The number of pyridine rings is 1. The lowest BCUT2D eigenvalue weighted by Crippen LogP contribution is -2.52. The van der Waals surface area contributed by atoms with Crippen molar-refractivity contribution in [2.24, 2.45) is 0 Å². The molecular formula is C24H23F3N6O3. The maximum absolute atomic E-state index is 15.0. The zero-order valence-electron chi connectivity index (χ0n) is 19.2. The Morgan fingerprint density at radius 3 is 2.50 bits per heavy atom. The predicted octanol–water partition coefficient (Wildman–Crippen LogP) is 3.41. The highest BCUT2D eigenvalue weighted by atomic mass is 19.3. The van der Waals surface area contributed by atoms with Gasteiger partial charge in [0, 0.05) is 25.3 Å². The molecule has 0 atom stereocenters. The van der Waals surface area contributed by atoms with E-state index in [0.29, 0.717) is 22.8 Å². The fraction of sp³-hybridized carbons (Fsp3) is 0.417. The standard InChI is InChI=1S/C24H23F3N6O3/c25-18-2-1-3-19-20(18)32(24(34)33(19)16-6-8-31(9-7-16)17-12-35-13-17)11-15-5-4-14(10-28-15)22-29-30-23(36-22)21(26)27/h1-5,10,16-17,21H,6-9,11-13H2. The number of hydrogen-bond acceptors (Lipinski definition) is 7. The van der Waals surface area contributed by atoms with Crippen LogP contribution < -0.4 is 5.69 Å². The second kappa shape index (κ2) is 9.17. The summed E-state index contributed by atoms with van der Waals surface area (Å²) < 4.78 is 53.8. The van der Waals surface area contributed by atoms with E-state index in [4.69, 9.17) is 9.15 Å². The van der Waals surface area contributed by atoms with Crippen LogP contribution in [0.3, 0.4) is 0 Å². The van der Waals surface area contributed by atoms with Crippen molar-refractivity contribution in [3.8, 4) is 11.5 Å². The lowest BCUT2D eigenvalue weighted by Gasteiger charge is -2.41. The summed E-state index contributed by atoms with van der Waals surface area (Å²) in [6.07, 6.45) is 0.128. The largest absolute Gasteiger partial charge is 0.415 e. The SMILES string of the molecule is O=c1n(Cc2ccc(-c3nnc(C(F)F)o3)cn2)c2c(F)cccc2n1C1CCN(C2COC2)CC1. The summed E-state index contributed by atoms with van der Waals surface area (Å²) >= 11 is 0. The number of alkyl halides is 2. The fourth-order valence-corrected chi connectivity index (χ4v) is 4.98. The first-order chi connectivity index (χ1) is 17.5. The molecule has 2 saturated heterocycles. The number of benzene rings is 1. The molecule has 12 heteroatoms. The van der Waals surface area contributed by atoms with Gasteiger partial charge in [0.25, 0.3) is 5.89 Å². The van der Waals surface area contributed by atoms with Crippen molar-refractivity contribution >= 4 is 11.0 Å². The highest BCUT2D eigenvalue weighted by Gasteiger charge is 2.32. The van der Waals surface area contributed by atoms with Crippen molar-refractivity contribution in [2.75, 3.05) is 26.3 Å². The molecule has 2 aliphatic heterocycles. The fourth-order valence-electron chi connectivity index (χ4n) is 4.98. The van der Waals surface area contributed by atoms with Crippen LogP contribution in [-0.4, -0.2) is 61.6 Å². The molecule has 2 fully saturated rings. The third-order valence-corrected chi connectivity index (χ3v) is 6.95. The molecule has 1 aromatic carbocycles. The zero-order valence-corrected chi connectivity index (χ0v) is 19.2. The number of hydrogen-bond donors (Lipinski definition) is 0. The summed E-state index contributed by atoms with van der Waals surface area (Å²) in [5, 5.41) is 6.93. The van der Waals surface area contributed by atoms with Gasteiger partial charge in [0.15, 0.2) is 0 Å². The third-order valence-electron chi connectivity index (χ3n) is 6.95. The second-order valence-corrected chi connectivity index (χ2v) is 9.09. The number of imidazole rings is 1. The number of nitrogens with zero attached hydrogens (tertiary/aromatic N) is 6. The lowest BCUT2D eigenvalue weighted by molar-refractivity contribution is -0.0731. The molecular weight excluding hydrogens is 477 g/mol. The Balaban J connectivity index is 1.28. The minimum atomic E-state index is -2.86. The summed E-state index contributed by atoms with van der Waals surface area (Å²) in [6.45, 7) is 3.27. The Morgan fingerprint density at radius 2 is 1.86 bits per heavy atom. The molecule has 5 heterocycles. The molecule has 4 aromatic rings. The summed E-state index contributed by atoms with van der Waals surface area (Å²) in [4.78, 5) is 20.3. The zero-order chi connectivity index (χ0) is 24.8. The minimum Gasteiger partial charge on any atom is -0.415 e. The number of piperidine rings is 1. The monoisotopic (exact) mass is 500 g/mol. The topological polar surface area (TPSA) is 91.2 Å². The maximum Gasteiger partial charge on any atom is 0.329 e. The Labute approximate surface area is 203 Å². The lowest BCUT2D eigenvalue weighted by atomic mass is 10.0. The van der Waals surface area contributed by atoms with E-state index in [1.54, 1.807) is 28.8 Å². The quantitative estimate of drug-likeness (QED) is 0.401. The normalized spacial score (nSPS) is 17.8. The molecule has 0 unspecified atom stereocenters. The minimum absolute atomic E-state index is 0.0304. The molecule has 9 nitrogen and oxygen atoms in total. The van der Waals surface area contributed by atoms with E-state index in [2.05, 4.69) is 20.1 Å². The molecule has 0 aliphatic carbocycles. The third kappa shape index (κ3) is 3.99. The van der Waals surface area contributed by atoms with Gasteiger partial charge in [0.2, 0.25) is 5.89 Å². The summed E-state index contributed by atoms with van der Waals surface area (Å²) in [7, 11) is 0. The van der Waals surface area contributed by atoms with E-state index in [1.807, 2.05) is 0 Å². The van der Waals surface area contributed by atoms with Crippen LogP contribution in [0.5, 0.6) is 0 Å². The molecule has 188 valence electrons. The molecule has 3 aromatic heterocycles. The second-order valence-electron chi connectivity index (χ2n) is 9.09. The van der Waals surface area contributed by atoms with E-state index >= 15 is 0 Å². The van der Waals surface area contributed by atoms with Gasteiger partial charge in [-0.05, 0) is 37.1 Å². The van der Waals surface area contributed by atoms with E-state index in [9.17, 15) is 18.0 Å². The number of likely N-dealkylation sites (tertiary alicyclic amines) is 1. The number of halogens is 3. The first-order valence-corrected chi connectivity index (χ1v) is 11.8. The molecule has 0 radical (unpaired) electrons. The van der Waals surface area contributed by atoms with Crippen LogP contribution in [-0.2, 0) is 11.3 Å². The van der Waals surface area contributed by atoms with Crippen LogP contribution in [0.2, 0.25) is 0 Å². The van der Waals surface area contributed by atoms with Gasteiger partial charge < -0.3 is 9.15 Å². The average molecular weight is 500 g/mol. The van der Waals surface area contributed by atoms with Gasteiger partial charge in [-0.2, -0.15) is 8.78 Å². The highest BCUT2D eigenvalue weighted by molar-refractivity contribution is 5.77. The van der Waals surface area contributed by atoms with Crippen LogP contribution in [0.1, 0.15) is 36.9 Å². The van der Waals surface area contributed by atoms with Gasteiger partial charge in [-0.3, -0.25) is 19.0 Å². The summed E-state index contributed by atoms with van der Waals surface area (Å²) in [6, 6.07) is 8.36. The van der Waals surface area contributed by atoms with Gasteiger partial charge in [-0.1, -0.05) is 6.07 Å². The Kier molecular flexibility index (Phi) is 5.84. The first kappa shape index (κ1) is 22.9. The van der Waals surface area contributed by atoms with Crippen LogP contribution in [0.15, 0.2) is 45.7 Å². The number of fused-ring (bicyclic) bond motifs is 1. The van der Waals surface area contributed by atoms with Gasteiger partial charge in [-0.15, -0.1) is 10.2 Å². The molecule has 0 N–H and O–H groups in total. The number of rotatable bonds is 6. The van der Waals surface area contributed by atoms with Crippen LogP contribution in [0.4, 0.5) is 13.2 Å². The molecule has 6 rings (SSSR count). The first-order valence-electron chi connectivity index (χ1n) is 11.8. The summed E-state index contributed by atoms with van der Waals surface area (Å²) in [5.74, 6) is -1.32. The van der Waals surface area contributed by atoms with Gasteiger partial charge in [0.05, 0.1) is 42.6 Å². The molecule has 0 spiro atoms. The van der Waals surface area contributed by atoms with E-state index in [-0.39, 0.29) is 29.7 Å². The van der Waals surface area contributed by atoms with E-state index in [0.717, 1.165) is 39.1 Å². The van der Waals surface area contributed by atoms with Crippen LogP contribution >= 0.6 is 0 Å². The van der Waals surface area contributed by atoms with Crippen molar-refractivity contribution in [1.29, 1.82) is 0 Å². The van der Waals surface area contributed by atoms with Gasteiger partial charge in [0.1, 0.15) is 11.3 Å². The number of para-hydroxylation sites is 1. The molecule has 2 aliphatic rings. The van der Waals surface area contributed by atoms with Crippen LogP contribution in [0, 0.1) is 5.82 Å². The van der Waals surface area contributed by atoms with E-state index < -0.39 is 18.1 Å². The van der Waals surface area contributed by atoms with Crippen molar-refractivity contribution in [3.05, 3.63) is 64.4 Å². The van der Waals surface area contributed by atoms with Crippen molar-refractivity contribution in [2.45, 2.75) is 37.9 Å². The predicted molar refractivity (Wildman–Crippen MR) is 122 cm³/mol. The smallest absolute Gasteiger partial charge is 0.329 e.